The molecule has 0 aliphatic carbocycles. The van der Waals surface area contributed by atoms with E-state index >= 15 is 0 Å². The molecular formula is C29H24N16. The quantitative estimate of drug-likeness (QED) is 0.253. The fourth-order valence-electron chi connectivity index (χ4n) is 3.76. The highest BCUT2D eigenvalue weighted by molar-refractivity contribution is 5.36. The highest BCUT2D eigenvalue weighted by Gasteiger charge is 1.90. The zero-order chi connectivity index (χ0) is 30.5. The van der Waals surface area contributed by atoms with Crippen molar-refractivity contribution in [2.24, 2.45) is 0 Å². The van der Waals surface area contributed by atoms with Crippen molar-refractivity contribution in [3.63, 3.8) is 0 Å². The largest absolute Gasteiger partial charge is 0.304 e. The van der Waals surface area contributed by atoms with E-state index in [4.69, 9.17) is 0 Å². The first-order chi connectivity index (χ1) is 22.3. The van der Waals surface area contributed by atoms with Crippen LogP contribution >= 0.6 is 0 Å². The lowest BCUT2D eigenvalue weighted by Gasteiger charge is -1.86. The van der Waals surface area contributed by atoms with Gasteiger partial charge in [-0.25, -0.2) is 43.9 Å². The average Bonchev–Trinajstić information content (AvgIpc) is 3.95. The lowest BCUT2D eigenvalue weighted by molar-refractivity contribution is 0.807. The van der Waals surface area contributed by atoms with E-state index in [2.05, 4.69) is 55.3 Å². The van der Waals surface area contributed by atoms with E-state index in [1.807, 2.05) is 74.6 Å². The van der Waals surface area contributed by atoms with Gasteiger partial charge in [-0.3, -0.25) is 13.8 Å². The van der Waals surface area contributed by atoms with E-state index in [0.29, 0.717) is 0 Å². The third-order valence-electron chi connectivity index (χ3n) is 5.83. The molecule has 0 saturated heterocycles. The highest BCUT2D eigenvalue weighted by atomic mass is 15.4. The average molecular weight is 597 g/mol. The number of hydrogen-bond donors (Lipinski definition) is 0. The molecule has 0 radical (unpaired) electrons. The van der Waals surface area contributed by atoms with Crippen molar-refractivity contribution in [3.05, 3.63) is 148 Å². The summed E-state index contributed by atoms with van der Waals surface area (Å²) in [4.78, 5) is 31.8. The predicted octanol–water partition coefficient (Wildman–Crippen LogP) is 3.04. The molecule has 0 aliphatic rings. The summed E-state index contributed by atoms with van der Waals surface area (Å²) in [5.41, 5.74) is 3.53. The van der Waals surface area contributed by atoms with Crippen molar-refractivity contribution in [2.75, 3.05) is 0 Å². The Hall–Kier alpha value is -6.97. The second kappa shape index (κ2) is 14.3. The standard InChI is InChI=1S/4C6H5N3.C5H4N4/c1-3-9-4-2-8-6(9)5-7-1;1-2-7-5-9-4-3-8-6(1)9;1-2-7-6-8-3-5-9(6)4-1;1-2-6-7-4-5-9(6)8-3-1;1-2-7-8-9-4-3-6-5(1)9/h4*1-5H;1-4H. The van der Waals surface area contributed by atoms with Crippen LogP contribution in [0.4, 0.5) is 0 Å². The molecule has 10 heterocycles. The molecular weight excluding hydrogens is 572 g/mol. The minimum atomic E-state index is 0.748. The maximum atomic E-state index is 4.04. The summed E-state index contributed by atoms with van der Waals surface area (Å²) in [5, 5.41) is 11.4. The Morgan fingerprint density at radius 1 is 0.422 bits per heavy atom. The normalized spacial score (nSPS) is 10.2. The lowest BCUT2D eigenvalue weighted by Crippen LogP contribution is -1.90. The summed E-state index contributed by atoms with van der Waals surface area (Å²) in [5.74, 6) is 0.748. The van der Waals surface area contributed by atoms with Crippen LogP contribution in [0, 0.1) is 0 Å². The first-order valence-electron chi connectivity index (χ1n) is 13.4. The van der Waals surface area contributed by atoms with E-state index in [1.165, 1.54) is 0 Å². The Morgan fingerprint density at radius 3 is 1.93 bits per heavy atom. The predicted molar refractivity (Wildman–Crippen MR) is 163 cm³/mol. The molecule has 0 aromatic carbocycles. The molecule has 0 unspecified atom stereocenters. The molecule has 10 rings (SSSR count). The Balaban J connectivity index is 0.0000000992. The van der Waals surface area contributed by atoms with E-state index < -0.39 is 0 Å². The first kappa shape index (κ1) is 28.2. The number of fused-ring (bicyclic) bond motifs is 5. The lowest BCUT2D eigenvalue weighted by atomic mass is 10.6. The smallest absolute Gasteiger partial charge is 0.233 e. The fourth-order valence-corrected chi connectivity index (χ4v) is 3.76. The van der Waals surface area contributed by atoms with Gasteiger partial charge in [0.05, 0.1) is 18.6 Å². The third kappa shape index (κ3) is 7.46. The van der Waals surface area contributed by atoms with Crippen LogP contribution in [0.3, 0.4) is 0 Å². The van der Waals surface area contributed by atoms with Gasteiger partial charge in [-0.05, 0) is 24.3 Å². The van der Waals surface area contributed by atoms with Crippen LogP contribution < -0.4 is 0 Å². The number of imidazole rings is 5. The molecule has 0 spiro atoms. The zero-order valence-corrected chi connectivity index (χ0v) is 23.5. The van der Waals surface area contributed by atoms with Gasteiger partial charge in [-0.2, -0.15) is 5.10 Å². The second-order valence-electron chi connectivity index (χ2n) is 8.70. The zero-order valence-electron chi connectivity index (χ0n) is 23.5. The van der Waals surface area contributed by atoms with Crippen LogP contribution in [-0.2, 0) is 0 Å². The molecule has 0 bridgehead atoms. The van der Waals surface area contributed by atoms with Crippen LogP contribution in [0.2, 0.25) is 0 Å². The number of nitrogens with zero attached hydrogens (tertiary/aromatic N) is 16. The van der Waals surface area contributed by atoms with Gasteiger partial charge in [-0.1, -0.05) is 5.21 Å². The third-order valence-corrected chi connectivity index (χ3v) is 5.83. The van der Waals surface area contributed by atoms with Crippen molar-refractivity contribution in [3.8, 4) is 0 Å². The maximum absolute atomic E-state index is 4.04. The van der Waals surface area contributed by atoms with Crippen molar-refractivity contribution in [2.45, 2.75) is 0 Å². The summed E-state index contributed by atoms with van der Waals surface area (Å²) in [6.45, 7) is 0. The van der Waals surface area contributed by atoms with Crippen LogP contribution in [0.1, 0.15) is 0 Å². The fraction of sp³-hybridized carbons (Fsp3) is 0. The molecule has 45 heavy (non-hydrogen) atoms. The summed E-state index contributed by atoms with van der Waals surface area (Å²) >= 11 is 0. The molecule has 10 aromatic rings. The summed E-state index contributed by atoms with van der Waals surface area (Å²) < 4.78 is 8.97. The molecule has 0 saturated carbocycles. The van der Waals surface area contributed by atoms with Gasteiger partial charge < -0.3 is 4.40 Å². The molecule has 220 valence electrons. The van der Waals surface area contributed by atoms with Gasteiger partial charge in [0, 0.05) is 99.0 Å². The van der Waals surface area contributed by atoms with Gasteiger partial charge in [0.2, 0.25) is 5.78 Å². The van der Waals surface area contributed by atoms with Crippen LogP contribution in [0.25, 0.3) is 28.4 Å². The second-order valence-corrected chi connectivity index (χ2v) is 8.70. The van der Waals surface area contributed by atoms with Crippen LogP contribution in [0.5, 0.6) is 0 Å². The Kier molecular flexibility index (Phi) is 8.93. The minimum absolute atomic E-state index is 0.748. The molecule has 0 aliphatic heterocycles. The summed E-state index contributed by atoms with van der Waals surface area (Å²) in [6.07, 6.45) is 33.6. The molecule has 0 N–H and O–H groups in total. The van der Waals surface area contributed by atoms with Crippen LogP contribution in [-0.4, -0.2) is 77.5 Å². The number of aromatic nitrogens is 16. The highest BCUT2D eigenvalue weighted by Crippen LogP contribution is 1.96. The van der Waals surface area contributed by atoms with Crippen molar-refractivity contribution in [1.82, 2.24) is 77.5 Å². The van der Waals surface area contributed by atoms with Crippen molar-refractivity contribution < 1.29 is 0 Å². The SMILES string of the molecule is c1cc2nccn2cn1.c1cc2nccn2nn1.c1cn2ccnc2cn1.c1cnc2nccn2c1.c1cnn2ccnc2c1. The summed E-state index contributed by atoms with van der Waals surface area (Å²) in [6, 6.07) is 9.30. The van der Waals surface area contributed by atoms with E-state index in [0.717, 1.165) is 28.4 Å². The minimum Gasteiger partial charge on any atom is -0.304 e. The molecule has 0 amide bonds. The Bertz CT molecular complexity index is 1800. The molecule has 0 atom stereocenters. The van der Waals surface area contributed by atoms with Gasteiger partial charge >= 0.3 is 0 Å². The topological polar surface area (TPSA) is 164 Å². The van der Waals surface area contributed by atoms with Gasteiger partial charge in [0.1, 0.15) is 12.0 Å². The van der Waals surface area contributed by atoms with Gasteiger partial charge in [0.15, 0.2) is 16.9 Å². The van der Waals surface area contributed by atoms with E-state index in [9.17, 15) is 0 Å². The molecule has 10 aromatic heterocycles. The van der Waals surface area contributed by atoms with Crippen LogP contribution in [0.15, 0.2) is 148 Å². The van der Waals surface area contributed by atoms with Crippen molar-refractivity contribution >= 4 is 28.4 Å². The number of hydrogen-bond acceptors (Lipinski definition) is 11. The summed E-state index contributed by atoms with van der Waals surface area (Å²) in [7, 11) is 0. The Labute approximate surface area is 254 Å². The molecule has 0 fully saturated rings. The van der Waals surface area contributed by atoms with Gasteiger partial charge in [-0.15, -0.1) is 5.10 Å². The molecule has 16 heteroatoms. The first-order valence-corrected chi connectivity index (χ1v) is 13.4. The Morgan fingerprint density at radius 2 is 1.11 bits per heavy atom. The van der Waals surface area contributed by atoms with Crippen molar-refractivity contribution in [1.29, 1.82) is 0 Å². The number of rotatable bonds is 0. The monoisotopic (exact) mass is 596 g/mol. The molecule has 16 nitrogen and oxygen atoms in total. The van der Waals surface area contributed by atoms with E-state index in [-0.39, 0.29) is 0 Å². The van der Waals surface area contributed by atoms with E-state index in [1.54, 1.807) is 95.8 Å². The maximum Gasteiger partial charge on any atom is 0.233 e. The van der Waals surface area contributed by atoms with Gasteiger partial charge in [0.25, 0.3) is 0 Å².